The summed E-state index contributed by atoms with van der Waals surface area (Å²) in [6, 6.07) is 7.26. The van der Waals surface area contributed by atoms with Gasteiger partial charge in [-0.3, -0.25) is 14.5 Å². The number of morpholine rings is 1. The highest BCUT2D eigenvalue weighted by Gasteiger charge is 2.38. The van der Waals surface area contributed by atoms with E-state index in [1.807, 2.05) is 18.2 Å². The molecule has 1 saturated heterocycles. The van der Waals surface area contributed by atoms with Gasteiger partial charge in [0.25, 0.3) is 5.56 Å². The molecule has 0 atom stereocenters. The van der Waals surface area contributed by atoms with Gasteiger partial charge in [-0.25, -0.2) is 4.98 Å². The average molecular weight is 399 g/mol. The van der Waals surface area contributed by atoms with Crippen LogP contribution in [0.25, 0.3) is 10.9 Å². The minimum absolute atomic E-state index is 0.0130. The van der Waals surface area contributed by atoms with Crippen molar-refractivity contribution in [3.05, 3.63) is 40.4 Å². The third kappa shape index (κ3) is 4.67. The maximum atomic E-state index is 12.6. The molecule has 1 aliphatic heterocycles. The number of carbonyl (C=O) groups is 1. The molecule has 0 radical (unpaired) electrons. The molecule has 1 amide bonds. The molecule has 2 N–H and O–H groups in total. The fourth-order valence-electron chi connectivity index (χ4n) is 4.69. The van der Waals surface area contributed by atoms with E-state index in [1.165, 1.54) is 19.3 Å². The third-order valence-corrected chi connectivity index (χ3v) is 6.33. The van der Waals surface area contributed by atoms with Gasteiger partial charge in [0.15, 0.2) is 0 Å². The second-order valence-electron chi connectivity index (χ2n) is 8.19. The number of ether oxygens (including phenoxy) is 1. The Morgan fingerprint density at radius 2 is 1.93 bits per heavy atom. The van der Waals surface area contributed by atoms with Gasteiger partial charge >= 0.3 is 0 Å². The fourth-order valence-corrected chi connectivity index (χ4v) is 4.69. The van der Waals surface area contributed by atoms with Gasteiger partial charge < -0.3 is 15.0 Å². The maximum absolute atomic E-state index is 12.6. The summed E-state index contributed by atoms with van der Waals surface area (Å²) in [5.41, 5.74) is 0.576. The van der Waals surface area contributed by atoms with E-state index in [0.717, 1.165) is 39.1 Å². The van der Waals surface area contributed by atoms with E-state index in [4.69, 9.17) is 4.74 Å². The maximum Gasteiger partial charge on any atom is 0.258 e. The van der Waals surface area contributed by atoms with E-state index in [1.54, 1.807) is 6.07 Å². The molecule has 1 aromatic heterocycles. The molecule has 1 aromatic carbocycles. The average Bonchev–Trinajstić information content (AvgIpc) is 2.77. The molecule has 2 aromatic rings. The van der Waals surface area contributed by atoms with E-state index in [9.17, 15) is 9.59 Å². The molecule has 0 unspecified atom stereocenters. The lowest BCUT2D eigenvalue weighted by Crippen LogP contribution is -2.59. The lowest BCUT2D eigenvalue weighted by molar-refractivity contribution is -0.122. The summed E-state index contributed by atoms with van der Waals surface area (Å²) in [5.74, 6) is 0.573. The number of H-pyrrole nitrogens is 1. The first-order valence-electron chi connectivity index (χ1n) is 10.7. The smallest absolute Gasteiger partial charge is 0.258 e. The first kappa shape index (κ1) is 20.0. The number of hydrogen-bond donors (Lipinski definition) is 2. The summed E-state index contributed by atoms with van der Waals surface area (Å²) in [7, 11) is 0. The minimum atomic E-state index is -0.153. The van der Waals surface area contributed by atoms with Crippen LogP contribution in [-0.2, 0) is 16.0 Å². The fraction of sp³-hybridized carbons (Fsp3) is 0.591. The van der Waals surface area contributed by atoms with Crippen molar-refractivity contribution in [1.82, 2.24) is 20.2 Å². The molecule has 1 saturated carbocycles. The van der Waals surface area contributed by atoms with Gasteiger partial charge in [0.1, 0.15) is 5.82 Å². The summed E-state index contributed by atoms with van der Waals surface area (Å²) in [4.78, 5) is 34.6. The highest BCUT2D eigenvalue weighted by atomic mass is 16.5. The van der Waals surface area contributed by atoms with Crippen molar-refractivity contribution in [2.75, 3.05) is 32.8 Å². The molecular weight excluding hydrogens is 368 g/mol. The molecule has 2 heterocycles. The predicted octanol–water partition coefficient (Wildman–Crippen LogP) is 2.01. The summed E-state index contributed by atoms with van der Waals surface area (Å²) in [5, 5.41) is 3.75. The van der Waals surface area contributed by atoms with Crippen LogP contribution in [0.4, 0.5) is 0 Å². The highest BCUT2D eigenvalue weighted by Crippen LogP contribution is 2.33. The Morgan fingerprint density at radius 3 is 2.72 bits per heavy atom. The van der Waals surface area contributed by atoms with Crippen molar-refractivity contribution < 1.29 is 9.53 Å². The summed E-state index contributed by atoms with van der Waals surface area (Å²) >= 11 is 0. The topological polar surface area (TPSA) is 87.3 Å². The number of benzene rings is 1. The minimum Gasteiger partial charge on any atom is -0.379 e. The van der Waals surface area contributed by atoms with E-state index >= 15 is 0 Å². The van der Waals surface area contributed by atoms with Crippen LogP contribution in [0.5, 0.6) is 0 Å². The first-order chi connectivity index (χ1) is 14.2. The van der Waals surface area contributed by atoms with Crippen LogP contribution in [0.1, 0.15) is 44.3 Å². The van der Waals surface area contributed by atoms with Gasteiger partial charge in [-0.2, -0.15) is 0 Å². The normalized spacial score (nSPS) is 19.9. The number of aromatic amines is 1. The molecule has 1 aliphatic carbocycles. The van der Waals surface area contributed by atoms with Crippen LogP contribution < -0.4 is 10.9 Å². The summed E-state index contributed by atoms with van der Waals surface area (Å²) in [6.45, 7) is 4.12. The van der Waals surface area contributed by atoms with Crippen LogP contribution in [0.2, 0.25) is 0 Å². The van der Waals surface area contributed by atoms with Gasteiger partial charge in [-0.15, -0.1) is 0 Å². The number of nitrogens with zero attached hydrogens (tertiary/aromatic N) is 2. The second-order valence-corrected chi connectivity index (χ2v) is 8.19. The number of amides is 1. The number of rotatable bonds is 6. The van der Waals surface area contributed by atoms with Gasteiger partial charge in [-0.05, 0) is 25.0 Å². The van der Waals surface area contributed by atoms with Gasteiger partial charge in [0, 0.05) is 38.0 Å². The Hall–Kier alpha value is -2.25. The standard InChI is InChI=1S/C22H30N4O3/c27-20(9-8-19-24-18-7-3-2-6-17(18)21(28)25-19)23-16-22(10-4-1-5-11-22)26-12-14-29-15-13-26/h2-3,6-7H,1,4-5,8-16H2,(H,23,27)(H,24,25,28). The van der Waals surface area contributed by atoms with Gasteiger partial charge in [0.2, 0.25) is 5.91 Å². The van der Waals surface area contributed by atoms with Gasteiger partial charge in [-0.1, -0.05) is 31.4 Å². The lowest BCUT2D eigenvalue weighted by atomic mass is 9.79. The molecule has 2 fully saturated rings. The molecule has 29 heavy (non-hydrogen) atoms. The molecule has 0 bridgehead atoms. The molecule has 4 rings (SSSR count). The number of hydrogen-bond acceptors (Lipinski definition) is 5. The van der Waals surface area contributed by atoms with Crippen molar-refractivity contribution in [3.8, 4) is 0 Å². The SMILES string of the molecule is O=C(CCc1nc2ccccc2c(=O)[nH]1)NCC1(N2CCOCC2)CCCCC1. The monoisotopic (exact) mass is 398 g/mol. The van der Waals surface area contributed by atoms with Crippen molar-refractivity contribution >= 4 is 16.8 Å². The molecule has 0 spiro atoms. The molecule has 7 heteroatoms. The lowest BCUT2D eigenvalue weighted by Gasteiger charge is -2.48. The predicted molar refractivity (Wildman–Crippen MR) is 112 cm³/mol. The number of aromatic nitrogens is 2. The Morgan fingerprint density at radius 1 is 1.17 bits per heavy atom. The van der Waals surface area contributed by atoms with Crippen LogP contribution in [-0.4, -0.2) is 59.2 Å². The molecule has 7 nitrogen and oxygen atoms in total. The van der Waals surface area contributed by atoms with E-state index < -0.39 is 0 Å². The van der Waals surface area contributed by atoms with E-state index in [2.05, 4.69) is 20.2 Å². The molecule has 156 valence electrons. The Balaban J connectivity index is 1.36. The van der Waals surface area contributed by atoms with E-state index in [-0.39, 0.29) is 17.0 Å². The molecule has 2 aliphatic rings. The number of nitrogens with one attached hydrogen (secondary N) is 2. The quantitative estimate of drug-likeness (QED) is 0.777. The van der Waals surface area contributed by atoms with Crippen LogP contribution in [0.3, 0.4) is 0 Å². The number of aryl methyl sites for hydroxylation is 1. The second kappa shape index (κ2) is 9.05. The van der Waals surface area contributed by atoms with Crippen LogP contribution >= 0.6 is 0 Å². The van der Waals surface area contributed by atoms with Crippen molar-refractivity contribution in [1.29, 1.82) is 0 Å². The number of fused-ring (bicyclic) bond motifs is 1. The van der Waals surface area contributed by atoms with Crippen molar-refractivity contribution in [3.63, 3.8) is 0 Å². The van der Waals surface area contributed by atoms with Crippen LogP contribution in [0, 0.1) is 0 Å². The Bertz CT molecular complexity index is 898. The molecular formula is C22H30N4O3. The van der Waals surface area contributed by atoms with E-state index in [0.29, 0.717) is 36.1 Å². The van der Waals surface area contributed by atoms with Crippen molar-refractivity contribution in [2.24, 2.45) is 0 Å². The number of para-hydroxylation sites is 1. The largest absolute Gasteiger partial charge is 0.379 e. The third-order valence-electron chi connectivity index (χ3n) is 6.33. The zero-order chi connectivity index (χ0) is 20.1. The first-order valence-corrected chi connectivity index (χ1v) is 10.7. The number of carbonyl (C=O) groups excluding carboxylic acids is 1. The Labute approximate surface area is 170 Å². The summed E-state index contributed by atoms with van der Waals surface area (Å²) in [6.07, 6.45) is 6.72. The summed E-state index contributed by atoms with van der Waals surface area (Å²) < 4.78 is 5.52. The van der Waals surface area contributed by atoms with Crippen molar-refractivity contribution in [2.45, 2.75) is 50.5 Å². The zero-order valence-electron chi connectivity index (χ0n) is 16.9. The highest BCUT2D eigenvalue weighted by molar-refractivity contribution is 5.78. The Kier molecular flexibility index (Phi) is 6.25. The zero-order valence-corrected chi connectivity index (χ0v) is 16.9. The van der Waals surface area contributed by atoms with Crippen LogP contribution in [0.15, 0.2) is 29.1 Å². The van der Waals surface area contributed by atoms with Gasteiger partial charge in [0.05, 0.1) is 24.1 Å².